The van der Waals surface area contributed by atoms with Crippen LogP contribution in [0.2, 0.25) is 0 Å². The van der Waals surface area contributed by atoms with Crippen molar-refractivity contribution in [3.63, 3.8) is 0 Å². The maximum atomic E-state index is 12.0. The van der Waals surface area contributed by atoms with Crippen LogP contribution in [-0.4, -0.2) is 12.1 Å². The number of carbonyl (C=O) groups is 1. The van der Waals surface area contributed by atoms with Gasteiger partial charge < -0.3 is 4.74 Å². The summed E-state index contributed by atoms with van der Waals surface area (Å²) in [5.74, 6) is 2.11. The summed E-state index contributed by atoms with van der Waals surface area (Å²) in [6.07, 6.45) is 7.67. The molecule has 0 radical (unpaired) electrons. The van der Waals surface area contributed by atoms with Crippen LogP contribution in [0.25, 0.3) is 0 Å². The Hall–Kier alpha value is -0.310. The number of cyclic esters (lactones) is 1. The van der Waals surface area contributed by atoms with Gasteiger partial charge in [0.15, 0.2) is 0 Å². The zero-order valence-corrected chi connectivity index (χ0v) is 17.5. The molecule has 1 aliphatic heterocycles. The molecule has 0 N–H and O–H groups in total. The molecule has 3 fully saturated rings. The number of hydrogen-bond acceptors (Lipinski definition) is 2. The molecule has 0 spiro atoms. The van der Waals surface area contributed by atoms with Crippen LogP contribution in [-0.2, 0) is 9.53 Å². The van der Waals surface area contributed by atoms with E-state index in [1.807, 2.05) is 6.92 Å². The third-order valence-electron chi connectivity index (χ3n) is 8.01. The number of hydrogen-bond donors (Lipinski definition) is 0. The third kappa shape index (κ3) is 2.79. The second kappa shape index (κ2) is 6.45. The quantitative estimate of drug-likeness (QED) is 0.538. The summed E-state index contributed by atoms with van der Waals surface area (Å²) in [6.45, 7) is 11.3. The lowest BCUT2D eigenvalue weighted by Gasteiger charge is -2.45. The Bertz CT molecular complexity index is 538. The van der Waals surface area contributed by atoms with Crippen molar-refractivity contribution in [3.8, 4) is 0 Å². The Kier molecular flexibility index (Phi) is 4.96. The van der Waals surface area contributed by atoms with Crippen molar-refractivity contribution in [2.45, 2.75) is 79.2 Å². The van der Waals surface area contributed by atoms with Crippen LogP contribution in [0.5, 0.6) is 0 Å². The van der Waals surface area contributed by atoms with E-state index in [2.05, 4.69) is 48.6 Å². The number of allylic oxidation sites excluding steroid dienone is 1. The van der Waals surface area contributed by atoms with E-state index in [9.17, 15) is 4.79 Å². The highest BCUT2D eigenvalue weighted by Crippen LogP contribution is 2.60. The van der Waals surface area contributed by atoms with Crippen molar-refractivity contribution < 1.29 is 9.53 Å². The zero-order valence-electron chi connectivity index (χ0n) is 15.9. The Labute approximate surface area is 155 Å². The van der Waals surface area contributed by atoms with Crippen molar-refractivity contribution in [3.05, 3.63) is 10.6 Å². The minimum absolute atomic E-state index is 0.00474. The van der Waals surface area contributed by atoms with Crippen LogP contribution in [0.4, 0.5) is 0 Å². The average molecular weight is 397 g/mol. The molecule has 6 atom stereocenters. The first kappa shape index (κ1) is 18.5. The highest BCUT2D eigenvalue weighted by Gasteiger charge is 2.53. The number of halogens is 1. The highest BCUT2D eigenvalue weighted by molar-refractivity contribution is 9.11. The lowest BCUT2D eigenvalue weighted by Crippen LogP contribution is -2.38. The Morgan fingerprint density at radius 2 is 2.04 bits per heavy atom. The molecule has 3 heteroatoms. The van der Waals surface area contributed by atoms with E-state index in [1.165, 1.54) is 32.1 Å². The standard InChI is InChI=1S/C21H33BrO2/c1-13(11-18-20(3,4)14(2)19(23)24-18)16-8-9-17-15(12-22)7-6-10-21(16,17)5/h12-14,16-18H,6-11H2,1-5H3/b15-12+/t13-,14?,16?,17+,18-,21?/m1/s1. The van der Waals surface area contributed by atoms with E-state index in [4.69, 9.17) is 4.74 Å². The molecule has 3 aliphatic rings. The summed E-state index contributed by atoms with van der Waals surface area (Å²) in [5, 5.41) is 0. The Morgan fingerprint density at radius 1 is 1.33 bits per heavy atom. The smallest absolute Gasteiger partial charge is 0.309 e. The summed E-state index contributed by atoms with van der Waals surface area (Å²) < 4.78 is 5.77. The Balaban J connectivity index is 1.74. The monoisotopic (exact) mass is 396 g/mol. The van der Waals surface area contributed by atoms with Gasteiger partial charge in [-0.05, 0) is 66.7 Å². The van der Waals surface area contributed by atoms with Crippen LogP contribution < -0.4 is 0 Å². The van der Waals surface area contributed by atoms with E-state index in [-0.39, 0.29) is 23.4 Å². The van der Waals surface area contributed by atoms with Gasteiger partial charge in [-0.15, -0.1) is 0 Å². The molecule has 0 aromatic rings. The van der Waals surface area contributed by atoms with E-state index in [0.717, 1.165) is 18.3 Å². The first-order chi connectivity index (χ1) is 11.2. The van der Waals surface area contributed by atoms with E-state index in [0.29, 0.717) is 11.3 Å². The number of ether oxygens (including phenoxy) is 1. The van der Waals surface area contributed by atoms with Gasteiger partial charge in [-0.1, -0.05) is 56.1 Å². The molecule has 24 heavy (non-hydrogen) atoms. The van der Waals surface area contributed by atoms with Gasteiger partial charge in [-0.3, -0.25) is 4.79 Å². The number of esters is 1. The molecular formula is C21H33BrO2. The minimum Gasteiger partial charge on any atom is -0.462 e. The summed E-state index contributed by atoms with van der Waals surface area (Å²) >= 11 is 3.61. The molecular weight excluding hydrogens is 364 g/mol. The molecule has 3 unspecified atom stereocenters. The summed E-state index contributed by atoms with van der Waals surface area (Å²) in [7, 11) is 0. The fraction of sp³-hybridized carbons (Fsp3) is 0.857. The fourth-order valence-corrected chi connectivity index (χ4v) is 6.52. The molecule has 0 amide bonds. The lowest BCUT2D eigenvalue weighted by atomic mass is 9.60. The summed E-state index contributed by atoms with van der Waals surface area (Å²) in [6, 6.07) is 0. The van der Waals surface area contributed by atoms with Gasteiger partial charge in [0.25, 0.3) is 0 Å². The average Bonchev–Trinajstić information content (AvgIpc) is 2.97. The van der Waals surface area contributed by atoms with Crippen molar-refractivity contribution in [1.82, 2.24) is 0 Å². The molecule has 0 bridgehead atoms. The van der Waals surface area contributed by atoms with Crippen molar-refractivity contribution in [1.29, 1.82) is 0 Å². The first-order valence-corrected chi connectivity index (χ1v) is 10.6. The van der Waals surface area contributed by atoms with Crippen LogP contribution in [0.15, 0.2) is 10.6 Å². The maximum Gasteiger partial charge on any atom is 0.309 e. The fourth-order valence-electron chi connectivity index (χ4n) is 5.98. The first-order valence-electron chi connectivity index (χ1n) is 9.71. The molecule has 3 rings (SSSR count). The molecule has 0 aromatic heterocycles. The summed E-state index contributed by atoms with van der Waals surface area (Å²) in [5.41, 5.74) is 2.01. The van der Waals surface area contributed by atoms with Gasteiger partial charge in [0.05, 0.1) is 5.92 Å². The Morgan fingerprint density at radius 3 is 2.62 bits per heavy atom. The van der Waals surface area contributed by atoms with Gasteiger partial charge in [0.2, 0.25) is 0 Å². The predicted molar refractivity (Wildman–Crippen MR) is 102 cm³/mol. The molecule has 1 saturated heterocycles. The van der Waals surface area contributed by atoms with Crippen LogP contribution in [0.1, 0.15) is 73.1 Å². The number of carbonyl (C=O) groups excluding carboxylic acids is 1. The van der Waals surface area contributed by atoms with Gasteiger partial charge >= 0.3 is 5.97 Å². The van der Waals surface area contributed by atoms with Crippen LogP contribution in [0.3, 0.4) is 0 Å². The van der Waals surface area contributed by atoms with Gasteiger partial charge in [0.1, 0.15) is 6.10 Å². The van der Waals surface area contributed by atoms with Gasteiger partial charge in [-0.2, -0.15) is 0 Å². The third-order valence-corrected chi connectivity index (χ3v) is 8.60. The molecule has 2 nitrogen and oxygen atoms in total. The van der Waals surface area contributed by atoms with Gasteiger partial charge in [0, 0.05) is 5.41 Å². The van der Waals surface area contributed by atoms with Crippen molar-refractivity contribution in [2.75, 3.05) is 0 Å². The second-order valence-electron chi connectivity index (χ2n) is 9.46. The molecule has 0 aromatic carbocycles. The van der Waals surface area contributed by atoms with E-state index in [1.54, 1.807) is 5.57 Å². The molecule has 1 heterocycles. The van der Waals surface area contributed by atoms with Crippen LogP contribution in [0, 0.1) is 34.5 Å². The molecule has 136 valence electrons. The highest BCUT2D eigenvalue weighted by atomic mass is 79.9. The number of rotatable bonds is 3. The van der Waals surface area contributed by atoms with E-state index < -0.39 is 0 Å². The number of fused-ring (bicyclic) bond motifs is 1. The largest absolute Gasteiger partial charge is 0.462 e. The zero-order chi connectivity index (χ0) is 17.7. The van der Waals surface area contributed by atoms with Crippen molar-refractivity contribution >= 4 is 21.9 Å². The topological polar surface area (TPSA) is 26.3 Å². The van der Waals surface area contributed by atoms with Crippen LogP contribution >= 0.6 is 15.9 Å². The summed E-state index contributed by atoms with van der Waals surface area (Å²) in [4.78, 5) is 14.2. The normalized spacial score (nSPS) is 44.4. The SMILES string of the molecule is CC1C(=O)O[C@H](C[C@@H](C)C2CC[C@H]3/C(=C/Br)CCCC23C)C1(C)C. The molecule has 2 saturated carbocycles. The van der Waals surface area contributed by atoms with Crippen molar-refractivity contribution in [2.24, 2.45) is 34.5 Å². The lowest BCUT2D eigenvalue weighted by molar-refractivity contribution is -0.144. The van der Waals surface area contributed by atoms with E-state index >= 15 is 0 Å². The minimum atomic E-state index is -0.0439. The molecule has 2 aliphatic carbocycles. The predicted octanol–water partition coefficient (Wildman–Crippen LogP) is 6.10. The van der Waals surface area contributed by atoms with Gasteiger partial charge in [-0.25, -0.2) is 0 Å². The maximum absolute atomic E-state index is 12.0. The second-order valence-corrected chi connectivity index (χ2v) is 9.92.